The summed E-state index contributed by atoms with van der Waals surface area (Å²) in [4.78, 5) is 0. The first-order valence-electron chi connectivity index (χ1n) is 6.93. The van der Waals surface area contributed by atoms with Crippen molar-refractivity contribution in [3.05, 3.63) is 36.1 Å². The minimum Gasteiger partial charge on any atom is -0.494 e. The van der Waals surface area contributed by atoms with Crippen molar-refractivity contribution < 1.29 is 4.74 Å². The zero-order valence-corrected chi connectivity index (χ0v) is 11.0. The van der Waals surface area contributed by atoms with E-state index in [1.807, 2.05) is 6.08 Å². The molecule has 0 heterocycles. The Labute approximate surface area is 105 Å². The van der Waals surface area contributed by atoms with Gasteiger partial charge in [0.1, 0.15) is 6.61 Å². The Morgan fingerprint density at radius 2 is 2.00 bits per heavy atom. The van der Waals surface area contributed by atoms with Gasteiger partial charge in [0.05, 0.1) is 5.76 Å². The van der Waals surface area contributed by atoms with Gasteiger partial charge in [0.2, 0.25) is 0 Å². The normalized spacial score (nSPS) is 29.2. The van der Waals surface area contributed by atoms with E-state index < -0.39 is 0 Å². The van der Waals surface area contributed by atoms with Crippen molar-refractivity contribution in [2.24, 2.45) is 11.8 Å². The highest BCUT2D eigenvalue weighted by Crippen LogP contribution is 2.36. The molecule has 1 nitrogen and oxygen atoms in total. The molecule has 0 saturated heterocycles. The summed E-state index contributed by atoms with van der Waals surface area (Å²) >= 11 is 0. The van der Waals surface area contributed by atoms with Gasteiger partial charge in [0.15, 0.2) is 0 Å². The molecule has 0 unspecified atom stereocenters. The van der Waals surface area contributed by atoms with Crippen molar-refractivity contribution >= 4 is 0 Å². The van der Waals surface area contributed by atoms with E-state index in [-0.39, 0.29) is 0 Å². The summed E-state index contributed by atoms with van der Waals surface area (Å²) in [6, 6.07) is 0. The van der Waals surface area contributed by atoms with Gasteiger partial charge in [0.25, 0.3) is 0 Å². The van der Waals surface area contributed by atoms with E-state index in [4.69, 9.17) is 4.74 Å². The molecule has 0 atom stereocenters. The van der Waals surface area contributed by atoms with Crippen LogP contribution in [0.5, 0.6) is 0 Å². The number of ether oxygens (including phenoxy) is 1. The van der Waals surface area contributed by atoms with Crippen LogP contribution in [0.1, 0.15) is 45.4 Å². The number of hydrogen-bond acceptors (Lipinski definition) is 1. The number of rotatable bonds is 4. The van der Waals surface area contributed by atoms with Gasteiger partial charge in [-0.1, -0.05) is 44.1 Å². The summed E-state index contributed by atoms with van der Waals surface area (Å²) in [5, 5.41) is 0. The van der Waals surface area contributed by atoms with Gasteiger partial charge in [-0.3, -0.25) is 0 Å². The molecular formula is C16H24O. The van der Waals surface area contributed by atoms with E-state index in [2.05, 4.69) is 25.7 Å². The predicted molar refractivity (Wildman–Crippen MR) is 72.7 cm³/mol. The quantitative estimate of drug-likeness (QED) is 0.643. The fourth-order valence-corrected chi connectivity index (χ4v) is 2.89. The van der Waals surface area contributed by atoms with Crippen molar-refractivity contribution in [2.75, 3.05) is 6.61 Å². The van der Waals surface area contributed by atoms with Crippen LogP contribution in [0, 0.1) is 11.8 Å². The van der Waals surface area contributed by atoms with Crippen LogP contribution in [-0.2, 0) is 4.74 Å². The molecule has 1 saturated carbocycles. The van der Waals surface area contributed by atoms with Crippen LogP contribution in [0.2, 0.25) is 0 Å². The molecule has 0 aromatic heterocycles. The lowest BCUT2D eigenvalue weighted by atomic mass is 9.77. The van der Waals surface area contributed by atoms with Crippen molar-refractivity contribution in [2.45, 2.75) is 45.4 Å². The van der Waals surface area contributed by atoms with Gasteiger partial charge in [-0.15, -0.1) is 0 Å². The Balaban J connectivity index is 1.88. The average Bonchev–Trinajstić information content (AvgIpc) is 2.38. The minimum atomic E-state index is 0.635. The van der Waals surface area contributed by atoms with E-state index in [0.717, 1.165) is 24.0 Å². The molecule has 1 heteroatoms. The molecule has 94 valence electrons. The molecule has 0 aromatic rings. The molecule has 0 N–H and O–H groups in total. The summed E-state index contributed by atoms with van der Waals surface area (Å²) in [6.07, 6.45) is 14.2. The Bertz CT molecular complexity index is 316. The van der Waals surface area contributed by atoms with Crippen molar-refractivity contribution in [1.82, 2.24) is 0 Å². The zero-order valence-electron chi connectivity index (χ0n) is 11.0. The highest BCUT2D eigenvalue weighted by molar-refractivity contribution is 5.23. The Hall–Kier alpha value is -0.980. The second-order valence-corrected chi connectivity index (χ2v) is 5.43. The minimum absolute atomic E-state index is 0.635. The fourth-order valence-electron chi connectivity index (χ4n) is 2.89. The summed E-state index contributed by atoms with van der Waals surface area (Å²) in [6.45, 7) is 6.69. The average molecular weight is 232 g/mol. The molecule has 0 bridgehead atoms. The van der Waals surface area contributed by atoms with Gasteiger partial charge in [0, 0.05) is 6.42 Å². The van der Waals surface area contributed by atoms with Gasteiger partial charge >= 0.3 is 0 Å². The molecule has 2 aliphatic carbocycles. The third kappa shape index (κ3) is 3.49. The van der Waals surface area contributed by atoms with E-state index in [1.54, 1.807) is 5.57 Å². The third-order valence-electron chi connectivity index (χ3n) is 4.07. The van der Waals surface area contributed by atoms with E-state index in [1.165, 1.54) is 32.1 Å². The molecule has 0 aromatic carbocycles. The molecule has 1 fully saturated rings. The topological polar surface area (TPSA) is 9.23 Å². The van der Waals surface area contributed by atoms with Crippen molar-refractivity contribution in [3.63, 3.8) is 0 Å². The molecule has 0 aliphatic heterocycles. The lowest BCUT2D eigenvalue weighted by Gasteiger charge is -2.29. The van der Waals surface area contributed by atoms with Crippen LogP contribution < -0.4 is 0 Å². The zero-order chi connectivity index (χ0) is 12.1. The van der Waals surface area contributed by atoms with Crippen LogP contribution in [0.25, 0.3) is 0 Å². The molecule has 17 heavy (non-hydrogen) atoms. The largest absolute Gasteiger partial charge is 0.494 e. The highest BCUT2D eigenvalue weighted by atomic mass is 16.5. The molecule has 2 rings (SSSR count). The Kier molecular flexibility index (Phi) is 4.47. The summed E-state index contributed by atoms with van der Waals surface area (Å²) in [5.74, 6) is 2.92. The SMILES string of the molecule is C=CCOC1=CC=C(C2CCC(C)CC2)CC1. The molecule has 2 aliphatic rings. The summed E-state index contributed by atoms with van der Waals surface area (Å²) in [5.41, 5.74) is 1.66. The van der Waals surface area contributed by atoms with E-state index >= 15 is 0 Å². The van der Waals surface area contributed by atoms with Gasteiger partial charge in [-0.25, -0.2) is 0 Å². The van der Waals surface area contributed by atoms with Gasteiger partial charge < -0.3 is 4.74 Å². The first-order valence-corrected chi connectivity index (χ1v) is 6.93. The van der Waals surface area contributed by atoms with E-state index in [9.17, 15) is 0 Å². The maximum atomic E-state index is 5.58. The Morgan fingerprint density at radius 3 is 2.59 bits per heavy atom. The monoisotopic (exact) mass is 232 g/mol. The summed E-state index contributed by atoms with van der Waals surface area (Å²) < 4.78 is 5.58. The molecule has 0 spiro atoms. The van der Waals surface area contributed by atoms with Crippen molar-refractivity contribution in [3.8, 4) is 0 Å². The van der Waals surface area contributed by atoms with Gasteiger partial charge in [-0.05, 0) is 37.2 Å². The lowest BCUT2D eigenvalue weighted by Crippen LogP contribution is -2.15. The van der Waals surface area contributed by atoms with Crippen LogP contribution in [0.15, 0.2) is 36.1 Å². The molecular weight excluding hydrogens is 208 g/mol. The van der Waals surface area contributed by atoms with Crippen molar-refractivity contribution in [1.29, 1.82) is 0 Å². The second-order valence-electron chi connectivity index (χ2n) is 5.43. The predicted octanol–water partition coefficient (Wildman–Crippen LogP) is 4.62. The van der Waals surface area contributed by atoms with Crippen LogP contribution >= 0.6 is 0 Å². The molecule has 0 amide bonds. The smallest absolute Gasteiger partial charge is 0.106 e. The lowest BCUT2D eigenvalue weighted by molar-refractivity contribution is 0.232. The van der Waals surface area contributed by atoms with E-state index in [0.29, 0.717) is 6.61 Å². The first-order chi connectivity index (χ1) is 8.29. The Morgan fingerprint density at radius 1 is 1.24 bits per heavy atom. The molecule has 0 radical (unpaired) electrons. The fraction of sp³-hybridized carbons (Fsp3) is 0.625. The number of hydrogen-bond donors (Lipinski definition) is 0. The number of allylic oxidation sites excluding steroid dienone is 4. The van der Waals surface area contributed by atoms with Gasteiger partial charge in [-0.2, -0.15) is 0 Å². The first kappa shape index (κ1) is 12.5. The maximum absolute atomic E-state index is 5.58. The standard InChI is InChI=1S/C16H24O/c1-3-12-17-16-10-8-15(9-11-16)14-6-4-13(2)5-7-14/h3,8,10,13-14H,1,4-7,9,11-12H2,2H3. The highest BCUT2D eigenvalue weighted by Gasteiger charge is 2.22. The van der Waals surface area contributed by atoms with Crippen LogP contribution in [0.3, 0.4) is 0 Å². The second kappa shape index (κ2) is 6.09. The van der Waals surface area contributed by atoms with Crippen LogP contribution in [0.4, 0.5) is 0 Å². The summed E-state index contributed by atoms with van der Waals surface area (Å²) in [7, 11) is 0. The third-order valence-corrected chi connectivity index (χ3v) is 4.07. The van der Waals surface area contributed by atoms with Crippen LogP contribution in [-0.4, -0.2) is 6.61 Å². The maximum Gasteiger partial charge on any atom is 0.106 e.